The van der Waals surface area contributed by atoms with Crippen molar-refractivity contribution in [1.29, 1.82) is 0 Å². The van der Waals surface area contributed by atoms with Crippen molar-refractivity contribution in [2.75, 3.05) is 6.67 Å². The molecule has 0 aromatic heterocycles. The van der Waals surface area contributed by atoms with Crippen LogP contribution >= 0.6 is 0 Å². The molecule has 0 spiro atoms. The summed E-state index contributed by atoms with van der Waals surface area (Å²) in [5.41, 5.74) is -4.46. The first-order valence-electron chi connectivity index (χ1n) is 4.45. The third-order valence-corrected chi connectivity index (χ3v) is 2.07. The molecular formula is C10H5F7O. The second kappa shape index (κ2) is 4.58. The normalized spacial score (nSPS) is 12.6. The van der Waals surface area contributed by atoms with Gasteiger partial charge in [-0.2, -0.15) is 26.3 Å². The van der Waals surface area contributed by atoms with Crippen molar-refractivity contribution < 1.29 is 35.5 Å². The molecule has 0 aliphatic rings. The minimum absolute atomic E-state index is 0.205. The first-order chi connectivity index (χ1) is 8.07. The van der Waals surface area contributed by atoms with Crippen LogP contribution in [0.5, 0.6) is 0 Å². The molecule has 0 atom stereocenters. The van der Waals surface area contributed by atoms with Gasteiger partial charge in [0.2, 0.25) is 0 Å². The van der Waals surface area contributed by atoms with Crippen molar-refractivity contribution in [1.82, 2.24) is 0 Å². The number of hydrogen-bond acceptors (Lipinski definition) is 1. The average Bonchev–Trinajstić information content (AvgIpc) is 2.24. The Morgan fingerprint density at radius 3 is 1.94 bits per heavy atom. The predicted octanol–water partition coefficient (Wildman–Crippen LogP) is 3.88. The Kier molecular flexibility index (Phi) is 3.68. The number of carbonyl (C=O) groups is 1. The van der Waals surface area contributed by atoms with Gasteiger partial charge in [0.1, 0.15) is 0 Å². The average molecular weight is 274 g/mol. The van der Waals surface area contributed by atoms with Crippen molar-refractivity contribution in [3.05, 3.63) is 34.9 Å². The molecule has 1 nitrogen and oxygen atoms in total. The molecule has 0 radical (unpaired) electrons. The van der Waals surface area contributed by atoms with Crippen molar-refractivity contribution in [2.45, 2.75) is 12.4 Å². The van der Waals surface area contributed by atoms with Gasteiger partial charge in [-0.1, -0.05) is 6.07 Å². The van der Waals surface area contributed by atoms with E-state index in [2.05, 4.69) is 0 Å². The number of alkyl halides is 7. The first-order valence-corrected chi connectivity index (χ1v) is 4.45. The van der Waals surface area contributed by atoms with Gasteiger partial charge in [-0.3, -0.25) is 4.79 Å². The lowest BCUT2D eigenvalue weighted by molar-refractivity contribution is -0.143. The maximum absolute atomic E-state index is 12.5. The van der Waals surface area contributed by atoms with Crippen LogP contribution in [0.4, 0.5) is 30.7 Å². The van der Waals surface area contributed by atoms with E-state index in [9.17, 15) is 35.5 Å². The summed E-state index contributed by atoms with van der Waals surface area (Å²) in [5, 5.41) is 0. The molecule has 0 amide bonds. The standard InChI is InChI=1S/C10H5F7O/c11-4-8(18)6-2-1-5(9(12,13)14)3-7(6)10(15,16)17/h1-3H,4H2. The summed E-state index contributed by atoms with van der Waals surface area (Å²) in [4.78, 5) is 10.9. The molecule has 0 N–H and O–H groups in total. The van der Waals surface area contributed by atoms with Crippen LogP contribution in [0.25, 0.3) is 0 Å². The zero-order chi connectivity index (χ0) is 14.1. The summed E-state index contributed by atoms with van der Waals surface area (Å²) in [7, 11) is 0. The molecule has 0 heterocycles. The van der Waals surface area contributed by atoms with E-state index < -0.39 is 41.5 Å². The minimum atomic E-state index is -5.17. The lowest BCUT2D eigenvalue weighted by Crippen LogP contribution is -2.16. The number of rotatable bonds is 2. The van der Waals surface area contributed by atoms with E-state index in [4.69, 9.17) is 0 Å². The number of halogens is 7. The SMILES string of the molecule is O=C(CF)c1ccc(C(F)(F)F)cc1C(F)(F)F. The van der Waals surface area contributed by atoms with Gasteiger partial charge in [0.15, 0.2) is 12.5 Å². The molecular weight excluding hydrogens is 269 g/mol. The van der Waals surface area contributed by atoms with Crippen molar-refractivity contribution in [3.63, 3.8) is 0 Å². The lowest BCUT2D eigenvalue weighted by Gasteiger charge is -2.14. The van der Waals surface area contributed by atoms with E-state index in [-0.39, 0.29) is 6.07 Å². The Morgan fingerprint density at radius 2 is 1.56 bits per heavy atom. The summed E-state index contributed by atoms with van der Waals surface area (Å²) in [6.45, 7) is -1.71. The maximum Gasteiger partial charge on any atom is 0.417 e. The van der Waals surface area contributed by atoms with Crippen LogP contribution in [0.2, 0.25) is 0 Å². The quantitative estimate of drug-likeness (QED) is 0.591. The second-order valence-corrected chi connectivity index (χ2v) is 3.31. The van der Waals surface area contributed by atoms with Gasteiger partial charge < -0.3 is 0 Å². The molecule has 100 valence electrons. The highest BCUT2D eigenvalue weighted by Gasteiger charge is 2.39. The number of carbonyl (C=O) groups excluding carboxylic acids is 1. The Balaban J connectivity index is 3.44. The third-order valence-electron chi connectivity index (χ3n) is 2.07. The lowest BCUT2D eigenvalue weighted by atomic mass is 10.0. The van der Waals surface area contributed by atoms with Crippen LogP contribution in [0, 0.1) is 0 Å². The van der Waals surface area contributed by atoms with Crippen molar-refractivity contribution in [3.8, 4) is 0 Å². The fourth-order valence-electron chi connectivity index (χ4n) is 1.27. The van der Waals surface area contributed by atoms with E-state index in [1.165, 1.54) is 0 Å². The zero-order valence-corrected chi connectivity index (χ0v) is 8.49. The van der Waals surface area contributed by atoms with Crippen molar-refractivity contribution >= 4 is 5.78 Å². The highest BCUT2D eigenvalue weighted by molar-refractivity contribution is 5.98. The molecule has 0 aliphatic carbocycles. The van der Waals surface area contributed by atoms with Gasteiger partial charge in [0.25, 0.3) is 0 Å². The molecule has 0 fully saturated rings. The van der Waals surface area contributed by atoms with Crippen LogP contribution in [0.15, 0.2) is 18.2 Å². The Morgan fingerprint density at radius 1 is 1.00 bits per heavy atom. The Bertz CT molecular complexity index is 458. The molecule has 1 aromatic rings. The van der Waals surface area contributed by atoms with Gasteiger partial charge in [-0.15, -0.1) is 0 Å². The second-order valence-electron chi connectivity index (χ2n) is 3.31. The molecule has 0 saturated carbocycles. The largest absolute Gasteiger partial charge is 0.417 e. The number of Topliss-reactive ketones (excluding diaryl/α,β-unsaturated/α-hetero) is 1. The fraction of sp³-hybridized carbons (Fsp3) is 0.300. The number of benzene rings is 1. The molecule has 0 saturated heterocycles. The summed E-state index contributed by atoms with van der Waals surface area (Å²) < 4.78 is 86.2. The summed E-state index contributed by atoms with van der Waals surface area (Å²) in [6, 6.07) is 0.425. The summed E-state index contributed by atoms with van der Waals surface area (Å²) in [6.07, 6.45) is -10.1. The van der Waals surface area contributed by atoms with E-state index in [1.54, 1.807) is 0 Å². The molecule has 0 bridgehead atoms. The van der Waals surface area contributed by atoms with Crippen LogP contribution in [0.1, 0.15) is 21.5 Å². The molecule has 18 heavy (non-hydrogen) atoms. The highest BCUT2D eigenvalue weighted by atomic mass is 19.4. The van der Waals surface area contributed by atoms with Gasteiger partial charge in [0, 0.05) is 5.56 Å². The van der Waals surface area contributed by atoms with E-state index >= 15 is 0 Å². The molecule has 1 rings (SSSR count). The van der Waals surface area contributed by atoms with Gasteiger partial charge >= 0.3 is 12.4 Å². The molecule has 0 unspecified atom stereocenters. The summed E-state index contributed by atoms with van der Waals surface area (Å²) >= 11 is 0. The predicted molar refractivity (Wildman–Crippen MR) is 46.8 cm³/mol. The third kappa shape index (κ3) is 2.99. The summed E-state index contributed by atoms with van der Waals surface area (Å²) in [5.74, 6) is -1.52. The van der Waals surface area contributed by atoms with Gasteiger partial charge in [-0.05, 0) is 12.1 Å². The molecule has 0 aliphatic heterocycles. The first kappa shape index (κ1) is 14.5. The Labute approximate surface area is 96.2 Å². The number of ketones is 1. The fourth-order valence-corrected chi connectivity index (χ4v) is 1.27. The van der Waals surface area contributed by atoms with Crippen LogP contribution < -0.4 is 0 Å². The maximum atomic E-state index is 12.5. The van der Waals surface area contributed by atoms with E-state index in [1.807, 2.05) is 0 Å². The zero-order valence-electron chi connectivity index (χ0n) is 8.49. The van der Waals surface area contributed by atoms with E-state index in [0.29, 0.717) is 12.1 Å². The monoisotopic (exact) mass is 274 g/mol. The smallest absolute Gasteiger partial charge is 0.291 e. The van der Waals surface area contributed by atoms with Crippen molar-refractivity contribution in [2.24, 2.45) is 0 Å². The Hall–Kier alpha value is -1.60. The van der Waals surface area contributed by atoms with Crippen LogP contribution in [-0.2, 0) is 12.4 Å². The topological polar surface area (TPSA) is 17.1 Å². The number of hydrogen-bond donors (Lipinski definition) is 0. The van der Waals surface area contributed by atoms with Gasteiger partial charge in [-0.25, -0.2) is 4.39 Å². The minimum Gasteiger partial charge on any atom is -0.291 e. The van der Waals surface area contributed by atoms with Crippen LogP contribution in [-0.4, -0.2) is 12.5 Å². The van der Waals surface area contributed by atoms with Gasteiger partial charge in [0.05, 0.1) is 11.1 Å². The molecule has 8 heteroatoms. The van der Waals surface area contributed by atoms with Crippen LogP contribution in [0.3, 0.4) is 0 Å². The van der Waals surface area contributed by atoms with E-state index in [0.717, 1.165) is 0 Å². The highest BCUT2D eigenvalue weighted by Crippen LogP contribution is 2.37. The molecule has 1 aromatic carbocycles.